The first-order chi connectivity index (χ1) is 18.8. The number of carbonyl (C=O) groups is 2. The van der Waals surface area contributed by atoms with E-state index < -0.39 is 47.6 Å². The van der Waals surface area contributed by atoms with Crippen LogP contribution in [0, 0.1) is 5.92 Å². The summed E-state index contributed by atoms with van der Waals surface area (Å²) >= 11 is 0. The lowest BCUT2D eigenvalue weighted by Gasteiger charge is -2.31. The number of rotatable bonds is 5. The van der Waals surface area contributed by atoms with Crippen molar-refractivity contribution >= 4 is 39.2 Å². The van der Waals surface area contributed by atoms with E-state index in [4.69, 9.17) is 4.74 Å². The van der Waals surface area contributed by atoms with Gasteiger partial charge in [0, 0.05) is 28.4 Å². The third kappa shape index (κ3) is 5.43. The second kappa shape index (κ2) is 10.1. The highest BCUT2D eigenvalue weighted by Gasteiger charge is 2.42. The van der Waals surface area contributed by atoms with Crippen molar-refractivity contribution in [2.75, 3.05) is 5.32 Å². The molecule has 0 atom stereocenters. The van der Waals surface area contributed by atoms with Crippen LogP contribution in [-0.4, -0.2) is 34.2 Å². The minimum Gasteiger partial charge on any atom is -0.490 e. The summed E-state index contributed by atoms with van der Waals surface area (Å²) in [5.74, 6) is -3.66. The summed E-state index contributed by atoms with van der Waals surface area (Å²) in [6, 6.07) is 10.8. The van der Waals surface area contributed by atoms with Gasteiger partial charge in [-0.25, -0.2) is 4.79 Å². The van der Waals surface area contributed by atoms with E-state index >= 15 is 0 Å². The van der Waals surface area contributed by atoms with Crippen LogP contribution >= 0.6 is 0 Å². The maximum absolute atomic E-state index is 14.1. The van der Waals surface area contributed by atoms with Crippen LogP contribution in [-0.2, 0) is 6.18 Å². The zero-order valence-corrected chi connectivity index (χ0v) is 20.6. The second-order valence-electron chi connectivity index (χ2n) is 9.73. The molecule has 0 aliphatic heterocycles. The van der Waals surface area contributed by atoms with E-state index in [2.05, 4.69) is 10.3 Å². The predicted molar refractivity (Wildman–Crippen MR) is 135 cm³/mol. The lowest BCUT2D eigenvalue weighted by Crippen LogP contribution is -2.32. The van der Waals surface area contributed by atoms with Gasteiger partial charge in [0.2, 0.25) is 0 Å². The molecule has 1 aromatic heterocycles. The van der Waals surface area contributed by atoms with Crippen LogP contribution in [0.5, 0.6) is 5.75 Å². The molecule has 0 bridgehead atoms. The number of hydrogen-bond donors (Lipinski definition) is 3. The predicted octanol–water partition coefficient (Wildman–Crippen LogP) is 7.79. The number of aromatic nitrogens is 1. The molecule has 0 radical (unpaired) electrons. The first-order valence-corrected chi connectivity index (χ1v) is 12.3. The largest absolute Gasteiger partial charge is 0.490 e. The van der Waals surface area contributed by atoms with E-state index in [1.165, 1.54) is 42.6 Å². The number of aromatic amines is 1. The number of nitrogens with one attached hydrogen (secondary N) is 2. The molecule has 1 aliphatic carbocycles. The molecule has 5 rings (SSSR count). The molecule has 12 heteroatoms. The molecule has 6 nitrogen and oxygen atoms in total. The Labute approximate surface area is 222 Å². The normalized spacial score (nSPS) is 18.1. The zero-order valence-electron chi connectivity index (χ0n) is 20.6. The standard InChI is InChI=1S/C28H22F6N2O4/c29-27(30,31)16-3-6-18(7-4-16)40-23-10-2-14-11-15(1-8-19(14)24(23)28(32,33)34)25(37)36-17-5-9-20-21(26(38)39)13-35-22(20)12-17/h1-2,5,8-13,16,18,35H,3-4,6-7H2,(H,36,37)(H,38,39). The van der Waals surface area contributed by atoms with Gasteiger partial charge in [-0.2, -0.15) is 26.3 Å². The summed E-state index contributed by atoms with van der Waals surface area (Å²) in [6.45, 7) is 0. The second-order valence-corrected chi connectivity index (χ2v) is 9.73. The fourth-order valence-electron chi connectivity index (χ4n) is 5.11. The third-order valence-electron chi connectivity index (χ3n) is 7.13. The van der Waals surface area contributed by atoms with Crippen molar-refractivity contribution in [3.8, 4) is 5.75 Å². The van der Waals surface area contributed by atoms with Gasteiger partial charge >= 0.3 is 18.3 Å². The van der Waals surface area contributed by atoms with E-state index in [1.807, 2.05) is 0 Å². The Bertz CT molecular complexity index is 1600. The Morgan fingerprint density at radius 2 is 1.60 bits per heavy atom. The summed E-state index contributed by atoms with van der Waals surface area (Å²) in [5.41, 5.74) is -0.0848. The van der Waals surface area contributed by atoms with Crippen molar-refractivity contribution in [3.63, 3.8) is 0 Å². The zero-order chi connectivity index (χ0) is 28.8. The van der Waals surface area contributed by atoms with E-state index in [9.17, 15) is 41.0 Å². The minimum absolute atomic E-state index is 0.00941. The molecule has 210 valence electrons. The molecule has 40 heavy (non-hydrogen) atoms. The van der Waals surface area contributed by atoms with Crippen LogP contribution in [0.25, 0.3) is 21.7 Å². The molecule has 1 fully saturated rings. The van der Waals surface area contributed by atoms with Gasteiger partial charge in [-0.05, 0) is 72.9 Å². The molecule has 0 unspecified atom stereocenters. The lowest BCUT2D eigenvalue weighted by molar-refractivity contribution is -0.185. The van der Waals surface area contributed by atoms with Crippen molar-refractivity contribution < 1.29 is 45.8 Å². The molecule has 1 heterocycles. The van der Waals surface area contributed by atoms with Gasteiger partial charge in [-0.3, -0.25) is 4.79 Å². The van der Waals surface area contributed by atoms with E-state index in [0.29, 0.717) is 16.6 Å². The van der Waals surface area contributed by atoms with Crippen LogP contribution in [0.1, 0.15) is 52.0 Å². The molecule has 4 aromatic rings. The molecule has 0 spiro atoms. The summed E-state index contributed by atoms with van der Waals surface area (Å²) < 4.78 is 86.8. The molecule has 0 saturated heterocycles. The number of anilines is 1. The van der Waals surface area contributed by atoms with Crippen LogP contribution in [0.3, 0.4) is 0 Å². The summed E-state index contributed by atoms with van der Waals surface area (Å²) in [6.07, 6.45) is -9.04. The first kappa shape index (κ1) is 27.4. The lowest BCUT2D eigenvalue weighted by atomic mass is 9.87. The van der Waals surface area contributed by atoms with Gasteiger partial charge in [0.1, 0.15) is 11.3 Å². The topological polar surface area (TPSA) is 91.4 Å². The summed E-state index contributed by atoms with van der Waals surface area (Å²) in [7, 11) is 0. The number of aromatic carboxylic acids is 1. The highest BCUT2D eigenvalue weighted by molar-refractivity contribution is 6.08. The van der Waals surface area contributed by atoms with Crippen molar-refractivity contribution in [3.05, 3.63) is 71.4 Å². The number of halogens is 6. The first-order valence-electron chi connectivity index (χ1n) is 12.3. The Kier molecular flexibility index (Phi) is 6.89. The molecular formula is C28H22F6N2O4. The number of alkyl halides is 6. The number of carboxylic acid groups (broad SMARTS) is 1. The fourth-order valence-corrected chi connectivity index (χ4v) is 5.11. The highest BCUT2D eigenvalue weighted by atomic mass is 19.4. The van der Waals surface area contributed by atoms with E-state index in [-0.39, 0.29) is 47.6 Å². The summed E-state index contributed by atoms with van der Waals surface area (Å²) in [5, 5.41) is 12.2. The number of hydrogen-bond acceptors (Lipinski definition) is 3. The van der Waals surface area contributed by atoms with Crippen molar-refractivity contribution in [2.45, 2.75) is 44.1 Å². The molecule has 3 aromatic carbocycles. The van der Waals surface area contributed by atoms with Crippen LogP contribution in [0.15, 0.2) is 54.7 Å². The minimum atomic E-state index is -4.82. The molecular weight excluding hydrogens is 542 g/mol. The van der Waals surface area contributed by atoms with Gasteiger partial charge < -0.3 is 20.1 Å². The SMILES string of the molecule is O=C(Nc1ccc2c(C(=O)O)c[nH]c2c1)c1ccc2c(C(F)(F)F)c(OC3CCC(C(F)(F)F)CC3)ccc2c1. The van der Waals surface area contributed by atoms with Gasteiger partial charge in [-0.1, -0.05) is 12.1 Å². The Morgan fingerprint density at radius 3 is 2.25 bits per heavy atom. The van der Waals surface area contributed by atoms with Gasteiger partial charge in [0.25, 0.3) is 5.91 Å². The Morgan fingerprint density at radius 1 is 0.900 bits per heavy atom. The van der Waals surface area contributed by atoms with Crippen LogP contribution < -0.4 is 10.1 Å². The maximum Gasteiger partial charge on any atom is 0.420 e. The number of amides is 1. The number of carbonyl (C=O) groups excluding carboxylic acids is 1. The van der Waals surface area contributed by atoms with E-state index in [0.717, 1.165) is 12.1 Å². The smallest absolute Gasteiger partial charge is 0.420 e. The molecule has 1 aliphatic rings. The fraction of sp³-hybridized carbons (Fsp3) is 0.286. The highest BCUT2D eigenvalue weighted by Crippen LogP contribution is 2.44. The van der Waals surface area contributed by atoms with Gasteiger partial charge in [0.05, 0.1) is 17.6 Å². The van der Waals surface area contributed by atoms with Crippen molar-refractivity contribution in [2.24, 2.45) is 5.92 Å². The molecule has 3 N–H and O–H groups in total. The number of ether oxygens (including phenoxy) is 1. The Hall–Kier alpha value is -4.22. The molecule has 1 amide bonds. The van der Waals surface area contributed by atoms with Crippen LogP contribution in [0.4, 0.5) is 32.0 Å². The number of fused-ring (bicyclic) bond motifs is 2. The third-order valence-corrected chi connectivity index (χ3v) is 7.13. The van der Waals surface area contributed by atoms with Crippen molar-refractivity contribution in [1.29, 1.82) is 0 Å². The number of H-pyrrole nitrogens is 1. The van der Waals surface area contributed by atoms with Crippen molar-refractivity contribution in [1.82, 2.24) is 4.98 Å². The quantitative estimate of drug-likeness (QED) is 0.216. The number of carboxylic acids is 1. The average Bonchev–Trinajstić information content (AvgIpc) is 3.31. The monoisotopic (exact) mass is 564 g/mol. The van der Waals surface area contributed by atoms with Gasteiger partial charge in [0.15, 0.2) is 0 Å². The van der Waals surface area contributed by atoms with Gasteiger partial charge in [-0.15, -0.1) is 0 Å². The molecule has 1 saturated carbocycles. The van der Waals surface area contributed by atoms with E-state index in [1.54, 1.807) is 0 Å². The Balaban J connectivity index is 1.38. The summed E-state index contributed by atoms with van der Waals surface area (Å²) in [4.78, 5) is 27.0. The van der Waals surface area contributed by atoms with Crippen LogP contribution in [0.2, 0.25) is 0 Å². The average molecular weight is 564 g/mol. The number of benzene rings is 3. The maximum atomic E-state index is 14.1.